The Morgan fingerprint density at radius 3 is 2.55 bits per heavy atom. The van der Waals surface area contributed by atoms with Crippen LogP contribution in [0.4, 0.5) is 0 Å². The summed E-state index contributed by atoms with van der Waals surface area (Å²) in [7, 11) is 1.32. The SMILES string of the molecule is COC(=O)c1ccc(Cn2c(=O)c3cc(C(=O)NCc4ccc5c(c4)OCO5)ccc3n3cnnc23)cc1. The van der Waals surface area contributed by atoms with Gasteiger partial charge in [-0.2, -0.15) is 0 Å². The number of amides is 1. The molecule has 3 heterocycles. The van der Waals surface area contributed by atoms with Crippen molar-refractivity contribution in [3.8, 4) is 11.5 Å². The largest absolute Gasteiger partial charge is 0.465 e. The molecule has 0 unspecified atom stereocenters. The summed E-state index contributed by atoms with van der Waals surface area (Å²) in [6, 6.07) is 17.2. The zero-order valence-electron chi connectivity index (χ0n) is 20.2. The molecule has 38 heavy (non-hydrogen) atoms. The number of esters is 1. The molecular weight excluding hydrogens is 490 g/mol. The van der Waals surface area contributed by atoms with E-state index < -0.39 is 5.97 Å². The molecule has 1 aliphatic heterocycles. The predicted octanol–water partition coefficient (Wildman–Crippen LogP) is 2.54. The van der Waals surface area contributed by atoms with Crippen LogP contribution in [0.2, 0.25) is 0 Å². The third-order valence-electron chi connectivity index (χ3n) is 6.37. The summed E-state index contributed by atoms with van der Waals surface area (Å²) in [5, 5.41) is 11.3. The van der Waals surface area contributed by atoms with Crippen molar-refractivity contribution in [3.63, 3.8) is 0 Å². The van der Waals surface area contributed by atoms with Crippen molar-refractivity contribution < 1.29 is 23.8 Å². The number of carbonyl (C=O) groups is 2. The number of carbonyl (C=O) groups excluding carboxylic acids is 2. The molecule has 2 aromatic heterocycles. The molecule has 190 valence electrons. The molecule has 0 spiro atoms. The topological polar surface area (TPSA) is 126 Å². The fraction of sp³-hybridized carbons (Fsp3) is 0.148. The van der Waals surface area contributed by atoms with Gasteiger partial charge in [-0.3, -0.25) is 18.6 Å². The lowest BCUT2D eigenvalue weighted by molar-refractivity contribution is 0.0600. The normalized spacial score (nSPS) is 12.1. The van der Waals surface area contributed by atoms with Crippen LogP contribution in [-0.4, -0.2) is 44.9 Å². The van der Waals surface area contributed by atoms with Gasteiger partial charge in [0, 0.05) is 12.1 Å². The monoisotopic (exact) mass is 511 g/mol. The number of hydrogen-bond donors (Lipinski definition) is 1. The Balaban J connectivity index is 1.30. The highest BCUT2D eigenvalue weighted by atomic mass is 16.7. The minimum atomic E-state index is -0.441. The summed E-state index contributed by atoms with van der Waals surface area (Å²) in [5.74, 6) is 0.910. The Bertz CT molecular complexity index is 1770. The summed E-state index contributed by atoms with van der Waals surface area (Å²) >= 11 is 0. The second-order valence-electron chi connectivity index (χ2n) is 8.68. The lowest BCUT2D eigenvalue weighted by Gasteiger charge is -2.12. The first-order valence-electron chi connectivity index (χ1n) is 11.7. The van der Waals surface area contributed by atoms with Crippen molar-refractivity contribution >= 4 is 28.6 Å². The minimum absolute atomic E-state index is 0.179. The molecule has 1 aliphatic rings. The number of benzene rings is 3. The Morgan fingerprint density at radius 1 is 0.974 bits per heavy atom. The first kappa shape index (κ1) is 23.2. The Kier molecular flexibility index (Phi) is 5.72. The Labute approximate surface area is 215 Å². The summed E-state index contributed by atoms with van der Waals surface area (Å²) in [6.45, 7) is 0.654. The molecule has 0 atom stereocenters. The molecule has 5 aromatic rings. The van der Waals surface area contributed by atoms with E-state index in [9.17, 15) is 14.4 Å². The lowest BCUT2D eigenvalue weighted by Crippen LogP contribution is -2.25. The van der Waals surface area contributed by atoms with Crippen LogP contribution in [-0.2, 0) is 17.8 Å². The predicted molar refractivity (Wildman–Crippen MR) is 135 cm³/mol. The van der Waals surface area contributed by atoms with Crippen molar-refractivity contribution in [2.24, 2.45) is 0 Å². The highest BCUT2D eigenvalue weighted by Gasteiger charge is 2.17. The molecule has 0 bridgehead atoms. The number of nitrogens with zero attached hydrogens (tertiary/aromatic N) is 4. The number of nitrogens with one attached hydrogen (secondary N) is 1. The summed E-state index contributed by atoms with van der Waals surface area (Å²) in [4.78, 5) is 38.3. The fourth-order valence-electron chi connectivity index (χ4n) is 4.40. The lowest BCUT2D eigenvalue weighted by atomic mass is 10.1. The third kappa shape index (κ3) is 4.09. The summed E-state index contributed by atoms with van der Waals surface area (Å²) in [6.07, 6.45) is 1.52. The highest BCUT2D eigenvalue weighted by Crippen LogP contribution is 2.32. The number of methoxy groups -OCH3 is 1. The van der Waals surface area contributed by atoms with E-state index in [2.05, 4.69) is 15.5 Å². The van der Waals surface area contributed by atoms with Gasteiger partial charge in [-0.1, -0.05) is 18.2 Å². The van der Waals surface area contributed by atoms with E-state index >= 15 is 0 Å². The Hall–Kier alpha value is -5.19. The number of fused-ring (bicyclic) bond motifs is 4. The van der Waals surface area contributed by atoms with E-state index in [1.165, 1.54) is 18.0 Å². The van der Waals surface area contributed by atoms with Crippen LogP contribution in [0.1, 0.15) is 31.8 Å². The van der Waals surface area contributed by atoms with Crippen molar-refractivity contribution in [3.05, 3.63) is 99.6 Å². The molecule has 0 saturated carbocycles. The number of rotatable bonds is 6. The van der Waals surface area contributed by atoms with Gasteiger partial charge in [-0.25, -0.2) is 4.79 Å². The second kappa shape index (κ2) is 9.36. The first-order valence-corrected chi connectivity index (χ1v) is 11.7. The van der Waals surface area contributed by atoms with Crippen LogP contribution in [0.15, 0.2) is 71.8 Å². The summed E-state index contributed by atoms with van der Waals surface area (Å²) < 4.78 is 18.6. The van der Waals surface area contributed by atoms with Crippen molar-refractivity contribution in [2.75, 3.05) is 13.9 Å². The average Bonchev–Trinajstić information content (AvgIpc) is 3.63. The molecule has 3 aromatic carbocycles. The van der Waals surface area contributed by atoms with Crippen molar-refractivity contribution in [1.82, 2.24) is 24.5 Å². The summed E-state index contributed by atoms with van der Waals surface area (Å²) in [5.41, 5.74) is 2.65. The minimum Gasteiger partial charge on any atom is -0.465 e. The van der Waals surface area contributed by atoms with Gasteiger partial charge in [0.2, 0.25) is 12.6 Å². The van der Waals surface area contributed by atoms with E-state index in [4.69, 9.17) is 14.2 Å². The molecule has 11 nitrogen and oxygen atoms in total. The Morgan fingerprint density at radius 2 is 1.74 bits per heavy atom. The number of hydrogen-bond acceptors (Lipinski definition) is 8. The zero-order chi connectivity index (χ0) is 26.2. The molecule has 0 aliphatic carbocycles. The molecule has 0 fully saturated rings. The molecule has 0 saturated heterocycles. The van der Waals surface area contributed by atoms with Gasteiger partial charge in [0.15, 0.2) is 11.5 Å². The van der Waals surface area contributed by atoms with Gasteiger partial charge in [0.25, 0.3) is 11.5 Å². The van der Waals surface area contributed by atoms with E-state index in [-0.39, 0.29) is 31.3 Å². The molecule has 1 N–H and O–H groups in total. The third-order valence-corrected chi connectivity index (χ3v) is 6.37. The molecule has 1 amide bonds. The van der Waals surface area contributed by atoms with E-state index in [0.29, 0.717) is 39.3 Å². The van der Waals surface area contributed by atoms with E-state index in [1.807, 2.05) is 12.1 Å². The number of ether oxygens (including phenoxy) is 3. The zero-order valence-corrected chi connectivity index (χ0v) is 20.2. The van der Waals surface area contributed by atoms with Crippen molar-refractivity contribution in [2.45, 2.75) is 13.1 Å². The average molecular weight is 511 g/mol. The van der Waals surface area contributed by atoms with Gasteiger partial charge < -0.3 is 19.5 Å². The molecular formula is C27H21N5O6. The van der Waals surface area contributed by atoms with Crippen LogP contribution < -0.4 is 20.3 Å². The van der Waals surface area contributed by atoms with Crippen LogP contribution >= 0.6 is 0 Å². The van der Waals surface area contributed by atoms with E-state index in [0.717, 1.165) is 11.1 Å². The molecule has 0 radical (unpaired) electrons. The second-order valence-corrected chi connectivity index (χ2v) is 8.68. The van der Waals surface area contributed by atoms with E-state index in [1.54, 1.807) is 52.9 Å². The van der Waals surface area contributed by atoms with Crippen LogP contribution in [0.3, 0.4) is 0 Å². The van der Waals surface area contributed by atoms with Crippen LogP contribution in [0, 0.1) is 0 Å². The van der Waals surface area contributed by atoms with Gasteiger partial charge in [0.1, 0.15) is 6.33 Å². The highest BCUT2D eigenvalue weighted by molar-refractivity contribution is 5.98. The molecule has 11 heteroatoms. The maximum atomic E-state index is 13.6. The smallest absolute Gasteiger partial charge is 0.337 e. The molecule has 6 rings (SSSR count). The van der Waals surface area contributed by atoms with Crippen LogP contribution in [0.25, 0.3) is 16.7 Å². The van der Waals surface area contributed by atoms with Crippen molar-refractivity contribution in [1.29, 1.82) is 0 Å². The van der Waals surface area contributed by atoms with Gasteiger partial charge in [-0.05, 0) is 53.6 Å². The van der Waals surface area contributed by atoms with Gasteiger partial charge >= 0.3 is 5.97 Å². The first-order chi connectivity index (χ1) is 18.5. The van der Waals surface area contributed by atoms with Crippen LogP contribution in [0.5, 0.6) is 11.5 Å². The maximum Gasteiger partial charge on any atom is 0.337 e. The maximum absolute atomic E-state index is 13.6. The fourth-order valence-corrected chi connectivity index (χ4v) is 4.40. The van der Waals surface area contributed by atoms with Gasteiger partial charge in [-0.15, -0.1) is 10.2 Å². The quantitative estimate of drug-likeness (QED) is 0.345. The van der Waals surface area contributed by atoms with Gasteiger partial charge in [0.05, 0.1) is 30.1 Å². The standard InChI is InChI=1S/C27H21N5O6/c1-36-26(35)18-5-2-16(3-6-18)13-31-25(34)20-11-19(7-8-21(20)32-14-29-30-27(31)32)24(33)28-12-17-4-9-22-23(10-17)38-15-37-22/h2-11,14H,12-13,15H2,1H3,(H,28,33). The number of aromatic nitrogens is 4.